The molecule has 24 heavy (non-hydrogen) atoms. The van der Waals surface area contributed by atoms with E-state index in [2.05, 4.69) is 21.2 Å². The number of rotatable bonds is 6. The molecule has 126 valence electrons. The zero-order valence-corrected chi connectivity index (χ0v) is 15.2. The van der Waals surface area contributed by atoms with E-state index < -0.39 is 0 Å². The van der Waals surface area contributed by atoms with Crippen molar-refractivity contribution in [2.75, 3.05) is 18.6 Å². The topological polar surface area (TPSA) is 58.6 Å². The van der Waals surface area contributed by atoms with Gasteiger partial charge in [-0.2, -0.15) is 0 Å². The molecule has 0 aromatic heterocycles. The zero-order valence-electron chi connectivity index (χ0n) is 13.6. The molecule has 0 spiro atoms. The minimum atomic E-state index is -0.240. The lowest BCUT2D eigenvalue weighted by atomic mass is 10.2. The highest BCUT2D eigenvalue weighted by Gasteiger charge is 2.16. The van der Waals surface area contributed by atoms with Gasteiger partial charge in [-0.3, -0.25) is 9.59 Å². The van der Waals surface area contributed by atoms with Gasteiger partial charge in [-0.05, 0) is 24.3 Å². The molecule has 0 heterocycles. The number of amides is 2. The van der Waals surface area contributed by atoms with E-state index >= 15 is 0 Å². The van der Waals surface area contributed by atoms with Gasteiger partial charge in [0.15, 0.2) is 0 Å². The number of ether oxygens (including phenoxy) is 1. The second kappa shape index (κ2) is 8.49. The van der Waals surface area contributed by atoms with Gasteiger partial charge in [-0.25, -0.2) is 0 Å². The number of hydrogen-bond acceptors (Lipinski definition) is 3. The molecule has 5 nitrogen and oxygen atoms in total. The maximum atomic E-state index is 12.2. The summed E-state index contributed by atoms with van der Waals surface area (Å²) in [7, 11) is 1.59. The van der Waals surface area contributed by atoms with Crippen molar-refractivity contribution in [3.8, 4) is 5.75 Å². The fraction of sp³-hybridized carbons (Fsp3) is 0.222. The second-order valence-corrected chi connectivity index (χ2v) is 6.09. The molecule has 2 amide bonds. The molecule has 2 rings (SSSR count). The molecule has 0 aliphatic carbocycles. The van der Waals surface area contributed by atoms with E-state index in [4.69, 9.17) is 4.74 Å². The predicted molar refractivity (Wildman–Crippen MR) is 97.0 cm³/mol. The summed E-state index contributed by atoms with van der Waals surface area (Å²) in [5.41, 5.74) is 1.55. The monoisotopic (exact) mass is 390 g/mol. The summed E-state index contributed by atoms with van der Waals surface area (Å²) in [4.78, 5) is 25.5. The maximum absolute atomic E-state index is 12.2. The van der Waals surface area contributed by atoms with Crippen LogP contribution in [0.3, 0.4) is 0 Å². The number of nitrogens with one attached hydrogen (secondary N) is 1. The Hall–Kier alpha value is -2.34. The molecule has 1 N–H and O–H groups in total. The maximum Gasteiger partial charge on any atom is 0.240 e. The van der Waals surface area contributed by atoms with Gasteiger partial charge in [0.25, 0.3) is 0 Å². The van der Waals surface area contributed by atoms with Gasteiger partial charge < -0.3 is 15.0 Å². The average Bonchev–Trinajstić information content (AvgIpc) is 2.57. The van der Waals surface area contributed by atoms with E-state index in [0.29, 0.717) is 18.0 Å². The summed E-state index contributed by atoms with van der Waals surface area (Å²) in [6.07, 6.45) is 0. The Labute approximate surface area is 149 Å². The van der Waals surface area contributed by atoms with Crippen LogP contribution in [0.5, 0.6) is 5.75 Å². The predicted octanol–water partition coefficient (Wildman–Crippen LogP) is 3.13. The smallest absolute Gasteiger partial charge is 0.240 e. The number of anilines is 1. The van der Waals surface area contributed by atoms with Crippen molar-refractivity contribution >= 4 is 33.4 Å². The molecule has 0 bridgehead atoms. The molecule has 0 fully saturated rings. The quantitative estimate of drug-likeness (QED) is 0.823. The van der Waals surface area contributed by atoms with Crippen LogP contribution in [0, 0.1) is 0 Å². The molecule has 0 radical (unpaired) electrons. The first-order valence-electron chi connectivity index (χ1n) is 7.43. The third-order valence-electron chi connectivity index (χ3n) is 3.47. The minimum absolute atomic E-state index is 0.0407. The van der Waals surface area contributed by atoms with E-state index in [1.54, 1.807) is 19.2 Å². The van der Waals surface area contributed by atoms with Crippen molar-refractivity contribution in [3.63, 3.8) is 0 Å². The molecule has 6 heteroatoms. The number of nitrogens with zero attached hydrogens (tertiary/aromatic N) is 1. The lowest BCUT2D eigenvalue weighted by Crippen LogP contribution is -2.39. The first kappa shape index (κ1) is 18.0. The number of para-hydroxylation sites is 1. The number of carbonyl (C=O) groups is 2. The molecule has 0 unspecified atom stereocenters. The van der Waals surface area contributed by atoms with E-state index in [-0.39, 0.29) is 18.4 Å². The highest BCUT2D eigenvalue weighted by atomic mass is 79.9. The van der Waals surface area contributed by atoms with Gasteiger partial charge >= 0.3 is 0 Å². The Morgan fingerprint density at radius 3 is 2.58 bits per heavy atom. The number of benzene rings is 2. The molecule has 0 atom stereocenters. The van der Waals surface area contributed by atoms with Gasteiger partial charge in [0, 0.05) is 29.2 Å². The van der Waals surface area contributed by atoms with Crippen LogP contribution < -0.4 is 15.0 Å². The summed E-state index contributed by atoms with van der Waals surface area (Å²) in [5.74, 6) is 0.282. The lowest BCUT2D eigenvalue weighted by Gasteiger charge is -2.21. The standard InChI is InChI=1S/C18H19BrN2O3/c1-13(22)21(16-8-5-7-15(19)10-16)12-18(23)20-11-14-6-3-4-9-17(14)24-2/h3-10H,11-12H2,1-2H3,(H,20,23). The van der Waals surface area contributed by atoms with Crippen molar-refractivity contribution in [3.05, 3.63) is 58.6 Å². The minimum Gasteiger partial charge on any atom is -0.496 e. The van der Waals surface area contributed by atoms with E-state index in [0.717, 1.165) is 10.0 Å². The number of hydrogen-bond donors (Lipinski definition) is 1. The van der Waals surface area contributed by atoms with E-state index in [1.165, 1.54) is 11.8 Å². The normalized spacial score (nSPS) is 10.1. The number of halogens is 1. The van der Waals surface area contributed by atoms with Crippen LogP contribution in [0.15, 0.2) is 53.0 Å². The van der Waals surface area contributed by atoms with Gasteiger partial charge in [0.1, 0.15) is 12.3 Å². The van der Waals surface area contributed by atoms with Crippen LogP contribution in [0.1, 0.15) is 12.5 Å². The first-order valence-corrected chi connectivity index (χ1v) is 8.23. The molecule has 0 saturated heterocycles. The molecule has 0 aliphatic heterocycles. The van der Waals surface area contributed by atoms with E-state index in [9.17, 15) is 9.59 Å². The van der Waals surface area contributed by atoms with Crippen LogP contribution in [0.2, 0.25) is 0 Å². The Balaban J connectivity index is 2.02. The van der Waals surface area contributed by atoms with Crippen molar-refractivity contribution in [2.24, 2.45) is 0 Å². The SMILES string of the molecule is COc1ccccc1CNC(=O)CN(C(C)=O)c1cccc(Br)c1. The van der Waals surface area contributed by atoms with Crippen molar-refractivity contribution < 1.29 is 14.3 Å². The Kier molecular flexibility index (Phi) is 6.37. The summed E-state index contributed by atoms with van der Waals surface area (Å²) in [5, 5.41) is 2.82. The summed E-state index contributed by atoms with van der Waals surface area (Å²) < 4.78 is 6.11. The van der Waals surface area contributed by atoms with E-state index in [1.807, 2.05) is 36.4 Å². The highest BCUT2D eigenvalue weighted by Crippen LogP contribution is 2.20. The lowest BCUT2D eigenvalue weighted by molar-refractivity contribution is -0.123. The summed E-state index contributed by atoms with van der Waals surface area (Å²) in [6, 6.07) is 14.8. The summed E-state index contributed by atoms with van der Waals surface area (Å²) >= 11 is 3.37. The number of methoxy groups -OCH3 is 1. The molecular formula is C18H19BrN2O3. The average molecular weight is 391 g/mol. The molecule has 2 aromatic rings. The van der Waals surface area contributed by atoms with Crippen LogP contribution in [0.25, 0.3) is 0 Å². The van der Waals surface area contributed by atoms with Crippen LogP contribution in [0.4, 0.5) is 5.69 Å². The van der Waals surface area contributed by atoms with Crippen molar-refractivity contribution in [2.45, 2.75) is 13.5 Å². The largest absolute Gasteiger partial charge is 0.496 e. The first-order chi connectivity index (χ1) is 11.5. The molecular weight excluding hydrogens is 372 g/mol. The zero-order chi connectivity index (χ0) is 17.5. The third-order valence-corrected chi connectivity index (χ3v) is 3.96. The van der Waals surface area contributed by atoms with Crippen LogP contribution in [-0.4, -0.2) is 25.5 Å². The highest BCUT2D eigenvalue weighted by molar-refractivity contribution is 9.10. The van der Waals surface area contributed by atoms with Crippen molar-refractivity contribution in [1.82, 2.24) is 5.32 Å². The van der Waals surface area contributed by atoms with Gasteiger partial charge in [-0.1, -0.05) is 40.2 Å². The Morgan fingerprint density at radius 2 is 1.92 bits per heavy atom. The summed E-state index contributed by atoms with van der Waals surface area (Å²) in [6.45, 7) is 1.74. The second-order valence-electron chi connectivity index (χ2n) is 5.17. The fourth-order valence-electron chi connectivity index (χ4n) is 2.27. The van der Waals surface area contributed by atoms with Gasteiger partial charge in [0.2, 0.25) is 11.8 Å². The van der Waals surface area contributed by atoms with Crippen molar-refractivity contribution in [1.29, 1.82) is 0 Å². The third kappa shape index (κ3) is 4.83. The molecule has 0 saturated carbocycles. The molecule has 2 aromatic carbocycles. The van der Waals surface area contributed by atoms with Gasteiger partial charge in [-0.15, -0.1) is 0 Å². The fourth-order valence-corrected chi connectivity index (χ4v) is 2.66. The number of carbonyl (C=O) groups excluding carboxylic acids is 2. The van der Waals surface area contributed by atoms with Crippen LogP contribution >= 0.6 is 15.9 Å². The Morgan fingerprint density at radius 1 is 1.17 bits per heavy atom. The van der Waals surface area contributed by atoms with Gasteiger partial charge in [0.05, 0.1) is 7.11 Å². The Bertz CT molecular complexity index is 734. The molecule has 0 aliphatic rings. The van der Waals surface area contributed by atoms with Crippen LogP contribution in [-0.2, 0) is 16.1 Å².